The molecule has 0 fully saturated rings. The number of hydrogen-bond acceptors (Lipinski definition) is 3. The Kier molecular flexibility index (Phi) is 5.06. The smallest absolute Gasteiger partial charge is 0.423 e. The largest absolute Gasteiger partial charge is 0.488 e. The standard InChI is InChI=1S/C15H16BF2NO2/c1-19(9-11-2-6-14(17)7-3-11)10-12-4-5-13(16(20)21)8-15(12)18/h2-8,20-21H,9-10H2,1H3. The minimum Gasteiger partial charge on any atom is -0.423 e. The summed E-state index contributed by atoms with van der Waals surface area (Å²) in [7, 11) is 0.155. The van der Waals surface area contributed by atoms with Crippen LogP contribution in [0, 0.1) is 11.6 Å². The van der Waals surface area contributed by atoms with E-state index in [0.29, 0.717) is 18.7 Å². The first-order valence-electron chi connectivity index (χ1n) is 6.53. The summed E-state index contributed by atoms with van der Waals surface area (Å²) in [5, 5.41) is 18.0. The molecular formula is C15H16BF2NO2. The molecule has 0 atom stereocenters. The molecule has 3 nitrogen and oxygen atoms in total. The minimum absolute atomic E-state index is 0.123. The van der Waals surface area contributed by atoms with Crippen molar-refractivity contribution in [2.75, 3.05) is 7.05 Å². The monoisotopic (exact) mass is 291 g/mol. The molecule has 0 aliphatic carbocycles. The van der Waals surface area contributed by atoms with Crippen LogP contribution in [0.25, 0.3) is 0 Å². The molecule has 0 aromatic heterocycles. The van der Waals surface area contributed by atoms with E-state index in [1.54, 1.807) is 12.1 Å². The maximum absolute atomic E-state index is 13.9. The van der Waals surface area contributed by atoms with Crippen molar-refractivity contribution in [3.05, 3.63) is 65.2 Å². The van der Waals surface area contributed by atoms with Crippen molar-refractivity contribution >= 4 is 12.6 Å². The van der Waals surface area contributed by atoms with Gasteiger partial charge in [-0.2, -0.15) is 0 Å². The molecule has 110 valence electrons. The highest BCUT2D eigenvalue weighted by molar-refractivity contribution is 6.58. The van der Waals surface area contributed by atoms with Crippen LogP contribution in [0.5, 0.6) is 0 Å². The molecule has 21 heavy (non-hydrogen) atoms. The topological polar surface area (TPSA) is 43.7 Å². The van der Waals surface area contributed by atoms with Gasteiger partial charge in [-0.05, 0) is 36.3 Å². The lowest BCUT2D eigenvalue weighted by Crippen LogP contribution is -2.30. The molecule has 2 N–H and O–H groups in total. The summed E-state index contributed by atoms with van der Waals surface area (Å²) in [6, 6.07) is 10.3. The molecule has 0 saturated carbocycles. The molecule has 0 spiro atoms. The second kappa shape index (κ2) is 6.80. The second-order valence-electron chi connectivity index (χ2n) is 5.02. The average Bonchev–Trinajstić information content (AvgIpc) is 2.43. The summed E-state index contributed by atoms with van der Waals surface area (Å²) in [5.74, 6) is -0.767. The number of rotatable bonds is 5. The summed E-state index contributed by atoms with van der Waals surface area (Å²) in [6.07, 6.45) is 0. The fourth-order valence-corrected chi connectivity index (χ4v) is 2.10. The Labute approximate surface area is 122 Å². The van der Waals surface area contributed by atoms with Crippen LogP contribution >= 0.6 is 0 Å². The first-order chi connectivity index (χ1) is 9.95. The molecule has 0 aliphatic heterocycles. The van der Waals surface area contributed by atoms with Crippen LogP contribution in [-0.2, 0) is 13.1 Å². The zero-order valence-electron chi connectivity index (χ0n) is 11.6. The van der Waals surface area contributed by atoms with Gasteiger partial charge < -0.3 is 10.0 Å². The quantitative estimate of drug-likeness (QED) is 0.816. The highest BCUT2D eigenvalue weighted by atomic mass is 19.1. The van der Waals surface area contributed by atoms with E-state index in [1.165, 1.54) is 24.3 Å². The Morgan fingerprint density at radius 1 is 1.00 bits per heavy atom. The molecule has 0 radical (unpaired) electrons. The molecule has 0 saturated heterocycles. The van der Waals surface area contributed by atoms with E-state index >= 15 is 0 Å². The maximum Gasteiger partial charge on any atom is 0.488 e. The predicted molar refractivity (Wildman–Crippen MR) is 77.8 cm³/mol. The van der Waals surface area contributed by atoms with Crippen molar-refractivity contribution in [3.8, 4) is 0 Å². The fourth-order valence-electron chi connectivity index (χ4n) is 2.10. The summed E-state index contributed by atoms with van der Waals surface area (Å²) < 4.78 is 26.7. The molecule has 0 amide bonds. The Bertz CT molecular complexity index is 605. The van der Waals surface area contributed by atoms with Gasteiger partial charge in [-0.25, -0.2) is 8.78 Å². The van der Waals surface area contributed by atoms with Gasteiger partial charge in [-0.1, -0.05) is 24.3 Å². The van der Waals surface area contributed by atoms with Crippen LogP contribution in [0.3, 0.4) is 0 Å². The van der Waals surface area contributed by atoms with Gasteiger partial charge in [0.25, 0.3) is 0 Å². The summed E-state index contributed by atoms with van der Waals surface area (Å²) in [5.41, 5.74) is 1.52. The van der Waals surface area contributed by atoms with Crippen molar-refractivity contribution in [2.24, 2.45) is 0 Å². The van der Waals surface area contributed by atoms with E-state index in [4.69, 9.17) is 10.0 Å². The molecule has 2 rings (SSSR count). The van der Waals surface area contributed by atoms with Crippen LogP contribution in [-0.4, -0.2) is 29.1 Å². The van der Waals surface area contributed by atoms with Crippen LogP contribution in [0.4, 0.5) is 8.78 Å². The normalized spacial score (nSPS) is 11.0. The van der Waals surface area contributed by atoms with Crippen LogP contribution in [0.2, 0.25) is 0 Å². The van der Waals surface area contributed by atoms with Crippen LogP contribution in [0.1, 0.15) is 11.1 Å². The third-order valence-electron chi connectivity index (χ3n) is 3.18. The van der Waals surface area contributed by atoms with Crippen molar-refractivity contribution in [3.63, 3.8) is 0 Å². The Balaban J connectivity index is 2.02. The zero-order valence-corrected chi connectivity index (χ0v) is 11.6. The SMILES string of the molecule is CN(Cc1ccc(F)cc1)Cc1ccc(B(O)O)cc1F. The predicted octanol–water partition coefficient (Wildman–Crippen LogP) is 1.28. The second-order valence-corrected chi connectivity index (χ2v) is 5.02. The molecule has 0 heterocycles. The average molecular weight is 291 g/mol. The van der Waals surface area contributed by atoms with Crippen LogP contribution < -0.4 is 5.46 Å². The summed E-state index contributed by atoms with van der Waals surface area (Å²) in [4.78, 5) is 1.89. The number of benzene rings is 2. The van der Waals surface area contributed by atoms with Gasteiger partial charge >= 0.3 is 7.12 Å². The molecule has 6 heteroatoms. The number of hydrogen-bond donors (Lipinski definition) is 2. The molecule has 0 unspecified atom stereocenters. The van der Waals surface area contributed by atoms with Gasteiger partial charge in [-0.15, -0.1) is 0 Å². The van der Waals surface area contributed by atoms with E-state index in [1.807, 2.05) is 11.9 Å². The molecule has 0 aliphatic rings. The van der Waals surface area contributed by atoms with E-state index in [0.717, 1.165) is 11.6 Å². The van der Waals surface area contributed by atoms with Crippen molar-refractivity contribution in [1.29, 1.82) is 0 Å². The number of nitrogens with zero attached hydrogens (tertiary/aromatic N) is 1. The van der Waals surface area contributed by atoms with Gasteiger partial charge in [0.2, 0.25) is 0 Å². The Morgan fingerprint density at radius 2 is 1.67 bits per heavy atom. The fraction of sp³-hybridized carbons (Fsp3) is 0.200. The zero-order chi connectivity index (χ0) is 15.4. The third-order valence-corrected chi connectivity index (χ3v) is 3.18. The minimum atomic E-state index is -1.68. The Morgan fingerprint density at radius 3 is 2.24 bits per heavy atom. The number of halogens is 2. The van der Waals surface area contributed by atoms with Crippen molar-refractivity contribution in [1.82, 2.24) is 4.90 Å². The van der Waals surface area contributed by atoms with Crippen molar-refractivity contribution < 1.29 is 18.8 Å². The van der Waals surface area contributed by atoms with E-state index in [9.17, 15) is 8.78 Å². The highest BCUT2D eigenvalue weighted by Crippen LogP contribution is 2.11. The van der Waals surface area contributed by atoms with Gasteiger partial charge in [-0.3, -0.25) is 4.90 Å². The Hall–Kier alpha value is -1.76. The molecule has 2 aromatic carbocycles. The highest BCUT2D eigenvalue weighted by Gasteiger charge is 2.14. The van der Waals surface area contributed by atoms with Gasteiger partial charge in [0.05, 0.1) is 0 Å². The van der Waals surface area contributed by atoms with E-state index in [-0.39, 0.29) is 11.3 Å². The summed E-state index contributed by atoms with van der Waals surface area (Å²) >= 11 is 0. The first kappa shape index (κ1) is 15.6. The van der Waals surface area contributed by atoms with E-state index < -0.39 is 12.9 Å². The molecular weight excluding hydrogens is 275 g/mol. The lowest BCUT2D eigenvalue weighted by atomic mass is 9.80. The van der Waals surface area contributed by atoms with Crippen LogP contribution in [0.15, 0.2) is 42.5 Å². The third kappa shape index (κ3) is 4.36. The lowest BCUT2D eigenvalue weighted by molar-refractivity contribution is 0.313. The van der Waals surface area contributed by atoms with Gasteiger partial charge in [0.1, 0.15) is 11.6 Å². The van der Waals surface area contributed by atoms with Gasteiger partial charge in [0, 0.05) is 18.7 Å². The first-order valence-corrected chi connectivity index (χ1v) is 6.53. The van der Waals surface area contributed by atoms with Crippen molar-refractivity contribution in [2.45, 2.75) is 13.1 Å². The summed E-state index contributed by atoms with van der Waals surface area (Å²) in [6.45, 7) is 0.926. The molecule has 2 aromatic rings. The van der Waals surface area contributed by atoms with Gasteiger partial charge in [0.15, 0.2) is 0 Å². The maximum atomic E-state index is 13.9. The van der Waals surface area contributed by atoms with E-state index in [2.05, 4.69) is 0 Å². The molecule has 0 bridgehead atoms. The lowest BCUT2D eigenvalue weighted by Gasteiger charge is -2.17.